The van der Waals surface area contributed by atoms with Crippen molar-refractivity contribution in [2.45, 2.75) is 51.0 Å². The summed E-state index contributed by atoms with van der Waals surface area (Å²) in [6.45, 7) is 6.20. The van der Waals surface area contributed by atoms with Gasteiger partial charge in [-0.15, -0.1) is 6.42 Å². The van der Waals surface area contributed by atoms with E-state index in [0.717, 1.165) is 19.3 Å². The number of carbonyl (C=O) groups excluding carboxylic acids is 1. The van der Waals surface area contributed by atoms with Crippen molar-refractivity contribution in [2.24, 2.45) is 5.92 Å². The number of hydrogen-bond acceptors (Lipinski definition) is 3. The van der Waals surface area contributed by atoms with Crippen LogP contribution in [0.15, 0.2) is 29.2 Å². The predicted octanol–water partition coefficient (Wildman–Crippen LogP) is 2.54. The number of rotatable bonds is 9. The minimum Gasteiger partial charge on any atom is -0.350 e. The first kappa shape index (κ1) is 20.2. The average molecular weight is 350 g/mol. The number of terminal acetylenes is 1. The molecule has 1 rings (SSSR count). The van der Waals surface area contributed by atoms with Gasteiger partial charge in [-0.05, 0) is 37.5 Å². The van der Waals surface area contributed by atoms with Crippen LogP contribution in [-0.2, 0) is 10.0 Å². The van der Waals surface area contributed by atoms with E-state index in [1.165, 1.54) is 12.1 Å². The molecule has 0 saturated heterocycles. The monoisotopic (exact) mass is 350 g/mol. The Labute approximate surface area is 145 Å². The Bertz CT molecular complexity index is 690. The zero-order chi connectivity index (χ0) is 18.2. The molecule has 0 aromatic heterocycles. The molecule has 0 radical (unpaired) electrons. The van der Waals surface area contributed by atoms with E-state index in [2.05, 4.69) is 29.8 Å². The maximum absolute atomic E-state index is 12.3. The van der Waals surface area contributed by atoms with Crippen molar-refractivity contribution in [3.05, 3.63) is 29.8 Å². The summed E-state index contributed by atoms with van der Waals surface area (Å²) in [6, 6.07) is 5.96. The maximum atomic E-state index is 12.3. The highest BCUT2D eigenvalue weighted by molar-refractivity contribution is 7.89. The van der Waals surface area contributed by atoms with Gasteiger partial charge in [-0.25, -0.2) is 8.42 Å². The molecule has 0 unspecified atom stereocenters. The molecular formula is C18H26N2O3S. The number of nitrogens with one attached hydrogen (secondary N) is 2. The summed E-state index contributed by atoms with van der Waals surface area (Å²) in [6.07, 6.45) is 8.12. The van der Waals surface area contributed by atoms with Crippen LogP contribution in [0, 0.1) is 18.3 Å². The van der Waals surface area contributed by atoms with Gasteiger partial charge < -0.3 is 5.32 Å². The van der Waals surface area contributed by atoms with E-state index >= 15 is 0 Å². The Balaban J connectivity index is 2.72. The molecule has 6 heteroatoms. The number of benzene rings is 1. The second-order valence-electron chi connectivity index (χ2n) is 6.26. The third-order valence-corrected chi connectivity index (χ3v) is 4.97. The molecule has 0 saturated carbocycles. The molecule has 1 aromatic rings. The highest BCUT2D eigenvalue weighted by atomic mass is 32.2. The Morgan fingerprint density at radius 2 is 1.96 bits per heavy atom. The minimum absolute atomic E-state index is 0.0258. The Morgan fingerprint density at radius 3 is 2.58 bits per heavy atom. The lowest BCUT2D eigenvalue weighted by Gasteiger charge is -2.15. The van der Waals surface area contributed by atoms with Crippen LogP contribution in [0.4, 0.5) is 0 Å². The van der Waals surface area contributed by atoms with Crippen molar-refractivity contribution in [3.8, 4) is 12.3 Å². The van der Waals surface area contributed by atoms with Crippen molar-refractivity contribution < 1.29 is 13.2 Å². The molecule has 0 fully saturated rings. The molecule has 2 N–H and O–H groups in total. The molecule has 0 heterocycles. The molecule has 132 valence electrons. The third-order valence-electron chi connectivity index (χ3n) is 3.57. The highest BCUT2D eigenvalue weighted by Crippen LogP contribution is 2.13. The number of amides is 1. The molecule has 0 aliphatic heterocycles. The van der Waals surface area contributed by atoms with Gasteiger partial charge in [-0.2, -0.15) is 4.72 Å². The largest absolute Gasteiger partial charge is 0.350 e. The smallest absolute Gasteiger partial charge is 0.251 e. The molecule has 1 amide bonds. The van der Waals surface area contributed by atoms with E-state index in [9.17, 15) is 13.2 Å². The standard InChI is InChI=1S/C18H26N2O3S/c1-5-12-19-24(22,23)17-11-7-10-16(13-17)18(21)20-15(4)9-6-8-14(2)3/h1,7,10-11,13-15,19H,6,8-9,12H2,2-4H3,(H,20,21)/t15-/m1/s1. The molecule has 0 aliphatic carbocycles. The van der Waals surface area contributed by atoms with Gasteiger partial charge in [0.15, 0.2) is 0 Å². The van der Waals surface area contributed by atoms with Crippen LogP contribution >= 0.6 is 0 Å². The molecular weight excluding hydrogens is 324 g/mol. The SMILES string of the molecule is C#CCNS(=O)(=O)c1cccc(C(=O)N[C@H](C)CCCC(C)C)c1. The van der Waals surface area contributed by atoms with Gasteiger partial charge in [0.05, 0.1) is 11.4 Å². The Kier molecular flexibility index (Phi) is 7.96. The van der Waals surface area contributed by atoms with Gasteiger partial charge in [-0.1, -0.05) is 38.7 Å². The second kappa shape index (κ2) is 9.45. The first-order chi connectivity index (χ1) is 11.3. The molecule has 1 atom stereocenters. The number of hydrogen-bond donors (Lipinski definition) is 2. The summed E-state index contributed by atoms with van der Waals surface area (Å²) in [5.74, 6) is 2.58. The van der Waals surface area contributed by atoms with Crippen molar-refractivity contribution in [1.82, 2.24) is 10.0 Å². The molecule has 5 nitrogen and oxygen atoms in total. The molecule has 0 bridgehead atoms. The van der Waals surface area contributed by atoms with E-state index in [1.807, 2.05) is 6.92 Å². The first-order valence-electron chi connectivity index (χ1n) is 8.10. The maximum Gasteiger partial charge on any atom is 0.251 e. The number of carbonyl (C=O) groups is 1. The summed E-state index contributed by atoms with van der Waals surface area (Å²) < 4.78 is 26.4. The molecule has 24 heavy (non-hydrogen) atoms. The normalized spacial score (nSPS) is 12.6. The molecule has 0 aliphatic rings. The quantitative estimate of drug-likeness (QED) is 0.672. The fourth-order valence-corrected chi connectivity index (χ4v) is 3.22. The zero-order valence-corrected chi connectivity index (χ0v) is 15.3. The van der Waals surface area contributed by atoms with Gasteiger partial charge in [-0.3, -0.25) is 4.79 Å². The van der Waals surface area contributed by atoms with Crippen LogP contribution in [0.5, 0.6) is 0 Å². The van der Waals surface area contributed by atoms with Crippen molar-refractivity contribution in [2.75, 3.05) is 6.54 Å². The highest BCUT2D eigenvalue weighted by Gasteiger charge is 2.16. The molecule has 0 spiro atoms. The van der Waals surface area contributed by atoms with Crippen LogP contribution < -0.4 is 10.0 Å². The van der Waals surface area contributed by atoms with E-state index in [0.29, 0.717) is 11.5 Å². The third kappa shape index (κ3) is 6.73. The second-order valence-corrected chi connectivity index (χ2v) is 8.02. The topological polar surface area (TPSA) is 75.3 Å². The van der Waals surface area contributed by atoms with E-state index in [1.54, 1.807) is 12.1 Å². The van der Waals surface area contributed by atoms with Crippen molar-refractivity contribution in [3.63, 3.8) is 0 Å². The lowest BCUT2D eigenvalue weighted by atomic mass is 10.0. The van der Waals surface area contributed by atoms with Crippen LogP contribution in [0.25, 0.3) is 0 Å². The first-order valence-corrected chi connectivity index (χ1v) is 9.58. The van der Waals surface area contributed by atoms with E-state index in [4.69, 9.17) is 6.42 Å². The van der Waals surface area contributed by atoms with Crippen LogP contribution in [0.1, 0.15) is 50.4 Å². The lowest BCUT2D eigenvalue weighted by Crippen LogP contribution is -2.32. The van der Waals surface area contributed by atoms with Crippen LogP contribution in [-0.4, -0.2) is 26.9 Å². The molecule has 1 aromatic carbocycles. The van der Waals surface area contributed by atoms with E-state index < -0.39 is 10.0 Å². The van der Waals surface area contributed by atoms with Crippen LogP contribution in [0.3, 0.4) is 0 Å². The Morgan fingerprint density at radius 1 is 1.25 bits per heavy atom. The van der Waals surface area contributed by atoms with Gasteiger partial charge >= 0.3 is 0 Å². The Hall–Kier alpha value is -1.84. The summed E-state index contributed by atoms with van der Waals surface area (Å²) in [5, 5.41) is 2.91. The van der Waals surface area contributed by atoms with E-state index in [-0.39, 0.29) is 23.4 Å². The summed E-state index contributed by atoms with van der Waals surface area (Å²) in [5.41, 5.74) is 0.314. The number of sulfonamides is 1. The van der Waals surface area contributed by atoms with Gasteiger partial charge in [0.2, 0.25) is 10.0 Å². The van der Waals surface area contributed by atoms with Crippen LogP contribution in [0.2, 0.25) is 0 Å². The van der Waals surface area contributed by atoms with Gasteiger partial charge in [0.25, 0.3) is 5.91 Å². The van der Waals surface area contributed by atoms with Crippen molar-refractivity contribution >= 4 is 15.9 Å². The van der Waals surface area contributed by atoms with Crippen molar-refractivity contribution in [1.29, 1.82) is 0 Å². The zero-order valence-electron chi connectivity index (χ0n) is 14.5. The van der Waals surface area contributed by atoms with Gasteiger partial charge in [0, 0.05) is 11.6 Å². The summed E-state index contributed by atoms with van der Waals surface area (Å²) in [7, 11) is -3.70. The summed E-state index contributed by atoms with van der Waals surface area (Å²) >= 11 is 0. The summed E-state index contributed by atoms with van der Waals surface area (Å²) in [4.78, 5) is 12.3. The predicted molar refractivity (Wildman–Crippen MR) is 96.1 cm³/mol. The fourth-order valence-electron chi connectivity index (χ4n) is 2.24. The lowest BCUT2D eigenvalue weighted by molar-refractivity contribution is 0.0937. The average Bonchev–Trinajstić information content (AvgIpc) is 2.52. The fraction of sp³-hybridized carbons (Fsp3) is 0.500. The minimum atomic E-state index is -3.70. The van der Waals surface area contributed by atoms with Gasteiger partial charge in [0.1, 0.15) is 0 Å².